The summed E-state index contributed by atoms with van der Waals surface area (Å²) >= 11 is 0. The fourth-order valence-corrected chi connectivity index (χ4v) is 3.02. The molecule has 0 saturated carbocycles. The number of morpholine rings is 1. The number of benzene rings is 1. The summed E-state index contributed by atoms with van der Waals surface area (Å²) in [6, 6.07) is 9.15. The van der Waals surface area contributed by atoms with E-state index in [1.165, 1.54) is 0 Å². The van der Waals surface area contributed by atoms with Crippen molar-refractivity contribution in [3.8, 4) is 0 Å². The number of nitrogens with two attached hydrogens (primary N) is 1. The predicted molar refractivity (Wildman–Crippen MR) is 99.5 cm³/mol. The second kappa shape index (κ2) is 10.4. The average molecular weight is 370 g/mol. The molecule has 140 valence electrons. The van der Waals surface area contributed by atoms with Gasteiger partial charge in [-0.25, -0.2) is 0 Å². The first-order chi connectivity index (χ1) is 11.6. The first kappa shape index (κ1) is 21.4. The van der Waals surface area contributed by atoms with E-state index < -0.39 is 12.1 Å². The standard InChI is InChI=1S/C18H27N3O3.ClH/c1-13(2)21-15(22)12-24-17(18(23)20-11-7-6-10-19)16(21)14-8-4-3-5-9-14;/h3-5,8-9,13,16-17H,6-7,10-12,19H2,1-2H3,(H,20,23);1H/t16-,17+;/m1./s1. The molecule has 1 aliphatic rings. The highest BCUT2D eigenvalue weighted by Gasteiger charge is 2.42. The Bertz CT molecular complexity index is 554. The Morgan fingerprint density at radius 2 is 2.00 bits per heavy atom. The van der Waals surface area contributed by atoms with E-state index in [-0.39, 0.29) is 36.9 Å². The number of nitrogens with zero attached hydrogens (tertiary/aromatic N) is 1. The van der Waals surface area contributed by atoms with Gasteiger partial charge in [0.15, 0.2) is 6.10 Å². The molecule has 1 heterocycles. The van der Waals surface area contributed by atoms with Gasteiger partial charge in [-0.15, -0.1) is 12.4 Å². The zero-order valence-corrected chi connectivity index (χ0v) is 15.6. The van der Waals surface area contributed by atoms with Crippen LogP contribution in [0, 0.1) is 0 Å². The highest BCUT2D eigenvalue weighted by molar-refractivity contribution is 5.86. The molecule has 1 aliphatic heterocycles. The molecule has 1 saturated heterocycles. The first-order valence-electron chi connectivity index (χ1n) is 8.51. The number of carbonyl (C=O) groups is 2. The van der Waals surface area contributed by atoms with Crippen molar-refractivity contribution in [1.29, 1.82) is 0 Å². The highest BCUT2D eigenvalue weighted by Crippen LogP contribution is 2.32. The van der Waals surface area contributed by atoms with Crippen molar-refractivity contribution in [2.45, 2.75) is 44.9 Å². The van der Waals surface area contributed by atoms with Gasteiger partial charge in [-0.1, -0.05) is 30.3 Å². The van der Waals surface area contributed by atoms with Crippen LogP contribution in [0.5, 0.6) is 0 Å². The van der Waals surface area contributed by atoms with E-state index in [2.05, 4.69) is 5.32 Å². The topological polar surface area (TPSA) is 84.7 Å². The van der Waals surface area contributed by atoms with E-state index in [1.54, 1.807) is 4.90 Å². The normalized spacial score (nSPS) is 20.3. The van der Waals surface area contributed by atoms with Crippen molar-refractivity contribution in [2.75, 3.05) is 19.7 Å². The van der Waals surface area contributed by atoms with Gasteiger partial charge in [0.2, 0.25) is 5.91 Å². The Morgan fingerprint density at radius 3 is 2.60 bits per heavy atom. The van der Waals surface area contributed by atoms with Gasteiger partial charge in [0.1, 0.15) is 6.61 Å². The summed E-state index contributed by atoms with van der Waals surface area (Å²) in [4.78, 5) is 26.7. The molecule has 0 bridgehead atoms. The van der Waals surface area contributed by atoms with E-state index >= 15 is 0 Å². The second-order valence-corrected chi connectivity index (χ2v) is 6.27. The van der Waals surface area contributed by atoms with Crippen LogP contribution in [0.1, 0.15) is 38.3 Å². The molecule has 6 nitrogen and oxygen atoms in total. The summed E-state index contributed by atoms with van der Waals surface area (Å²) in [7, 11) is 0. The summed E-state index contributed by atoms with van der Waals surface area (Å²) in [5, 5.41) is 2.90. The van der Waals surface area contributed by atoms with Gasteiger partial charge in [-0.2, -0.15) is 0 Å². The number of unbranched alkanes of at least 4 members (excludes halogenated alkanes) is 1. The largest absolute Gasteiger partial charge is 0.356 e. The Balaban J connectivity index is 0.00000312. The summed E-state index contributed by atoms with van der Waals surface area (Å²) < 4.78 is 5.63. The van der Waals surface area contributed by atoms with Gasteiger partial charge in [-0.3, -0.25) is 9.59 Å². The van der Waals surface area contributed by atoms with Crippen LogP contribution in [0.4, 0.5) is 0 Å². The van der Waals surface area contributed by atoms with Crippen molar-refractivity contribution < 1.29 is 14.3 Å². The van der Waals surface area contributed by atoms with Crippen LogP contribution in [-0.2, 0) is 14.3 Å². The molecule has 3 N–H and O–H groups in total. The number of halogens is 1. The van der Waals surface area contributed by atoms with Gasteiger partial charge in [-0.05, 0) is 38.8 Å². The van der Waals surface area contributed by atoms with Crippen molar-refractivity contribution in [3.63, 3.8) is 0 Å². The molecule has 0 radical (unpaired) electrons. The van der Waals surface area contributed by atoms with Gasteiger partial charge < -0.3 is 20.7 Å². The molecule has 0 unspecified atom stereocenters. The van der Waals surface area contributed by atoms with E-state index in [4.69, 9.17) is 10.5 Å². The van der Waals surface area contributed by atoms with Crippen molar-refractivity contribution >= 4 is 24.2 Å². The lowest BCUT2D eigenvalue weighted by molar-refractivity contribution is -0.167. The maximum Gasteiger partial charge on any atom is 0.251 e. The lowest BCUT2D eigenvalue weighted by atomic mass is 9.95. The SMILES string of the molecule is CC(C)N1C(=O)CO[C@H](C(=O)NCCCCN)[C@H]1c1ccccc1.Cl. The van der Waals surface area contributed by atoms with Crippen LogP contribution in [0.15, 0.2) is 30.3 Å². The minimum absolute atomic E-state index is 0. The third-order valence-electron chi connectivity index (χ3n) is 4.15. The lowest BCUT2D eigenvalue weighted by Crippen LogP contribution is -2.56. The average Bonchev–Trinajstić information content (AvgIpc) is 2.58. The Kier molecular flexibility index (Phi) is 8.89. The number of amides is 2. The fourth-order valence-electron chi connectivity index (χ4n) is 3.02. The number of ether oxygens (including phenoxy) is 1. The van der Waals surface area contributed by atoms with E-state index in [0.29, 0.717) is 13.1 Å². The number of carbonyl (C=O) groups excluding carboxylic acids is 2. The Morgan fingerprint density at radius 1 is 1.32 bits per heavy atom. The van der Waals surface area contributed by atoms with Crippen LogP contribution >= 0.6 is 12.4 Å². The van der Waals surface area contributed by atoms with Crippen LogP contribution in [0.25, 0.3) is 0 Å². The number of nitrogens with one attached hydrogen (secondary N) is 1. The second-order valence-electron chi connectivity index (χ2n) is 6.27. The van der Waals surface area contributed by atoms with Crippen LogP contribution in [0.3, 0.4) is 0 Å². The van der Waals surface area contributed by atoms with Crippen molar-refractivity contribution in [3.05, 3.63) is 35.9 Å². The quantitative estimate of drug-likeness (QED) is 0.715. The van der Waals surface area contributed by atoms with Crippen LogP contribution in [0.2, 0.25) is 0 Å². The van der Waals surface area contributed by atoms with Gasteiger partial charge >= 0.3 is 0 Å². The molecule has 0 aromatic heterocycles. The Hall–Kier alpha value is -1.63. The maximum atomic E-state index is 12.6. The van der Waals surface area contributed by atoms with Gasteiger partial charge in [0.25, 0.3) is 5.91 Å². The highest BCUT2D eigenvalue weighted by atomic mass is 35.5. The van der Waals surface area contributed by atoms with Crippen LogP contribution in [-0.4, -0.2) is 48.6 Å². The first-order valence-corrected chi connectivity index (χ1v) is 8.51. The van der Waals surface area contributed by atoms with Crippen LogP contribution < -0.4 is 11.1 Å². The molecule has 1 fully saturated rings. The Labute approximate surface area is 155 Å². The summed E-state index contributed by atoms with van der Waals surface area (Å²) in [5.74, 6) is -0.273. The number of hydrogen-bond acceptors (Lipinski definition) is 4. The molecule has 7 heteroatoms. The van der Waals surface area contributed by atoms with Gasteiger partial charge in [0, 0.05) is 12.6 Å². The van der Waals surface area contributed by atoms with Gasteiger partial charge in [0.05, 0.1) is 6.04 Å². The number of hydrogen-bond donors (Lipinski definition) is 2. The third-order valence-corrected chi connectivity index (χ3v) is 4.15. The molecular weight excluding hydrogens is 342 g/mol. The molecule has 0 spiro atoms. The monoisotopic (exact) mass is 369 g/mol. The van der Waals surface area contributed by atoms with E-state index in [9.17, 15) is 9.59 Å². The number of rotatable bonds is 7. The minimum Gasteiger partial charge on any atom is -0.356 e. The van der Waals surface area contributed by atoms with E-state index in [1.807, 2.05) is 44.2 Å². The molecule has 2 amide bonds. The lowest BCUT2D eigenvalue weighted by Gasteiger charge is -2.42. The smallest absolute Gasteiger partial charge is 0.251 e. The summed E-state index contributed by atoms with van der Waals surface area (Å²) in [6.45, 7) is 5.01. The maximum absolute atomic E-state index is 12.6. The third kappa shape index (κ3) is 5.42. The predicted octanol–water partition coefficient (Wildman–Crippen LogP) is 1.64. The zero-order chi connectivity index (χ0) is 17.5. The summed E-state index contributed by atoms with van der Waals surface area (Å²) in [5.41, 5.74) is 6.38. The molecule has 0 aliphatic carbocycles. The molecule has 2 atom stereocenters. The molecule has 1 aromatic carbocycles. The van der Waals surface area contributed by atoms with Crippen molar-refractivity contribution in [2.24, 2.45) is 5.73 Å². The zero-order valence-electron chi connectivity index (χ0n) is 14.8. The fraction of sp³-hybridized carbons (Fsp3) is 0.556. The molecule has 2 rings (SSSR count). The van der Waals surface area contributed by atoms with E-state index in [0.717, 1.165) is 18.4 Å². The minimum atomic E-state index is -0.703. The summed E-state index contributed by atoms with van der Waals surface area (Å²) in [6.07, 6.45) is 0.993. The molecular formula is C18H28ClN3O3. The molecule has 1 aromatic rings. The van der Waals surface area contributed by atoms with Crippen molar-refractivity contribution in [1.82, 2.24) is 10.2 Å². The molecule has 25 heavy (non-hydrogen) atoms.